The summed E-state index contributed by atoms with van der Waals surface area (Å²) in [5, 5.41) is 8.61. The van der Waals surface area contributed by atoms with Crippen LogP contribution in [0.5, 0.6) is 0 Å². The van der Waals surface area contributed by atoms with Crippen molar-refractivity contribution in [3.63, 3.8) is 0 Å². The maximum absolute atomic E-state index is 11.8. The summed E-state index contributed by atoms with van der Waals surface area (Å²) >= 11 is 0.911. The van der Waals surface area contributed by atoms with Crippen molar-refractivity contribution in [3.8, 4) is 18.4 Å². The standard InChI is InChI=1S/C10H10N2O2S2/c1-4-10(2,3)12-16(13,14)9-6-5-8(7-11)15-9/h1,5-6,12H,2-3H3. The molecule has 0 amide bonds. The summed E-state index contributed by atoms with van der Waals surface area (Å²) in [5.74, 6) is 2.34. The second kappa shape index (κ2) is 4.26. The molecule has 0 unspecified atom stereocenters. The molecule has 84 valence electrons. The Labute approximate surface area is 99.0 Å². The lowest BCUT2D eigenvalue weighted by molar-refractivity contribution is 0.541. The van der Waals surface area contributed by atoms with Crippen LogP contribution < -0.4 is 4.72 Å². The fraction of sp³-hybridized carbons (Fsp3) is 0.300. The first-order chi connectivity index (χ1) is 7.30. The van der Waals surface area contributed by atoms with E-state index in [4.69, 9.17) is 11.7 Å². The van der Waals surface area contributed by atoms with E-state index in [-0.39, 0.29) is 4.21 Å². The summed E-state index contributed by atoms with van der Waals surface area (Å²) in [6.07, 6.45) is 5.20. The summed E-state index contributed by atoms with van der Waals surface area (Å²) in [4.78, 5) is 0.346. The number of nitrogens with zero attached hydrogens (tertiary/aromatic N) is 1. The SMILES string of the molecule is C#CC(C)(C)NS(=O)(=O)c1ccc(C#N)s1. The molecule has 1 heterocycles. The van der Waals surface area contributed by atoms with Gasteiger partial charge in [-0.25, -0.2) is 8.42 Å². The van der Waals surface area contributed by atoms with E-state index in [0.29, 0.717) is 4.88 Å². The first-order valence-electron chi connectivity index (χ1n) is 4.32. The Morgan fingerprint density at radius 2 is 2.12 bits per heavy atom. The van der Waals surface area contributed by atoms with Crippen molar-refractivity contribution in [1.29, 1.82) is 5.26 Å². The van der Waals surface area contributed by atoms with E-state index >= 15 is 0 Å². The van der Waals surface area contributed by atoms with Crippen molar-refractivity contribution in [1.82, 2.24) is 4.72 Å². The van der Waals surface area contributed by atoms with Gasteiger partial charge in [-0.15, -0.1) is 17.8 Å². The van der Waals surface area contributed by atoms with Crippen LogP contribution in [0.25, 0.3) is 0 Å². The van der Waals surface area contributed by atoms with E-state index in [1.54, 1.807) is 13.8 Å². The Hall–Kier alpha value is -1.34. The molecule has 1 aromatic rings. The Morgan fingerprint density at radius 1 is 1.50 bits per heavy atom. The molecule has 0 fully saturated rings. The van der Waals surface area contributed by atoms with Crippen molar-refractivity contribution < 1.29 is 8.42 Å². The molecule has 1 N–H and O–H groups in total. The van der Waals surface area contributed by atoms with Crippen LogP contribution in [0.3, 0.4) is 0 Å². The Balaban J connectivity index is 3.06. The minimum absolute atomic E-state index is 0.0902. The highest BCUT2D eigenvalue weighted by atomic mass is 32.2. The largest absolute Gasteiger partial charge is 0.251 e. The lowest BCUT2D eigenvalue weighted by atomic mass is 10.1. The fourth-order valence-electron chi connectivity index (χ4n) is 0.940. The van der Waals surface area contributed by atoms with E-state index in [2.05, 4.69) is 10.6 Å². The zero-order chi connectivity index (χ0) is 12.4. The van der Waals surface area contributed by atoms with Crippen LogP contribution in [0.4, 0.5) is 0 Å². The molecule has 0 atom stereocenters. The summed E-state index contributed by atoms with van der Waals surface area (Å²) in [6, 6.07) is 4.73. The van der Waals surface area contributed by atoms with Gasteiger partial charge in [-0.3, -0.25) is 0 Å². The van der Waals surface area contributed by atoms with Crippen molar-refractivity contribution in [2.45, 2.75) is 23.6 Å². The van der Waals surface area contributed by atoms with Crippen molar-refractivity contribution in [2.24, 2.45) is 0 Å². The second-order valence-electron chi connectivity index (χ2n) is 3.61. The average Bonchev–Trinajstić information content (AvgIpc) is 2.65. The predicted molar refractivity (Wildman–Crippen MR) is 62.3 cm³/mol. The van der Waals surface area contributed by atoms with Crippen molar-refractivity contribution >= 4 is 21.4 Å². The van der Waals surface area contributed by atoms with Crippen molar-refractivity contribution in [3.05, 3.63) is 17.0 Å². The summed E-state index contributed by atoms with van der Waals surface area (Å²) in [7, 11) is -3.64. The summed E-state index contributed by atoms with van der Waals surface area (Å²) < 4.78 is 26.1. The van der Waals surface area contributed by atoms with Gasteiger partial charge in [0.1, 0.15) is 15.2 Å². The molecule has 0 aromatic carbocycles. The number of rotatable bonds is 3. The van der Waals surface area contributed by atoms with Crippen LogP contribution in [0.15, 0.2) is 16.3 Å². The molecule has 16 heavy (non-hydrogen) atoms. The zero-order valence-electron chi connectivity index (χ0n) is 8.81. The second-order valence-corrected chi connectivity index (χ2v) is 6.60. The quantitative estimate of drug-likeness (QED) is 0.827. The fourth-order valence-corrected chi connectivity index (χ4v) is 3.39. The van der Waals surface area contributed by atoms with E-state index in [0.717, 1.165) is 11.3 Å². The number of nitrogens with one attached hydrogen (secondary N) is 1. The van der Waals surface area contributed by atoms with Gasteiger partial charge in [0.05, 0.1) is 5.54 Å². The highest BCUT2D eigenvalue weighted by Gasteiger charge is 2.25. The van der Waals surface area contributed by atoms with Gasteiger partial charge in [-0.05, 0) is 26.0 Å². The third-order valence-corrected chi connectivity index (χ3v) is 4.84. The van der Waals surface area contributed by atoms with Crippen LogP contribution in [-0.2, 0) is 10.0 Å². The van der Waals surface area contributed by atoms with Crippen LogP contribution in [0.2, 0.25) is 0 Å². The molecule has 1 aromatic heterocycles. The van der Waals surface area contributed by atoms with Gasteiger partial charge in [0.15, 0.2) is 0 Å². The number of sulfonamides is 1. The van der Waals surface area contributed by atoms with Gasteiger partial charge in [0, 0.05) is 0 Å². The maximum Gasteiger partial charge on any atom is 0.251 e. The third kappa shape index (κ3) is 2.83. The van der Waals surface area contributed by atoms with Gasteiger partial charge in [0.25, 0.3) is 10.0 Å². The molecule has 6 heteroatoms. The monoisotopic (exact) mass is 254 g/mol. The molecule has 0 aliphatic rings. The van der Waals surface area contributed by atoms with Gasteiger partial charge in [-0.1, -0.05) is 5.92 Å². The number of thiophene rings is 1. The molecule has 0 aliphatic carbocycles. The molecule has 0 saturated carbocycles. The lowest BCUT2D eigenvalue weighted by Crippen LogP contribution is -2.41. The van der Waals surface area contributed by atoms with Gasteiger partial charge in [-0.2, -0.15) is 9.98 Å². The van der Waals surface area contributed by atoms with E-state index in [1.807, 2.05) is 6.07 Å². The molecule has 0 radical (unpaired) electrons. The van der Waals surface area contributed by atoms with Crippen LogP contribution in [0.1, 0.15) is 18.7 Å². The normalized spacial score (nSPS) is 11.8. The number of terminal acetylenes is 1. The predicted octanol–water partition coefficient (Wildman–Crippen LogP) is 1.31. The van der Waals surface area contributed by atoms with Crippen LogP contribution >= 0.6 is 11.3 Å². The van der Waals surface area contributed by atoms with Crippen LogP contribution in [-0.4, -0.2) is 14.0 Å². The van der Waals surface area contributed by atoms with Gasteiger partial charge >= 0.3 is 0 Å². The molecule has 0 saturated heterocycles. The van der Waals surface area contributed by atoms with E-state index < -0.39 is 15.6 Å². The molecular weight excluding hydrogens is 244 g/mol. The van der Waals surface area contributed by atoms with Crippen molar-refractivity contribution in [2.75, 3.05) is 0 Å². The molecule has 4 nitrogen and oxygen atoms in total. The van der Waals surface area contributed by atoms with Gasteiger partial charge in [0.2, 0.25) is 0 Å². The smallest absolute Gasteiger partial charge is 0.206 e. The number of nitriles is 1. The van der Waals surface area contributed by atoms with Gasteiger partial charge < -0.3 is 0 Å². The van der Waals surface area contributed by atoms with E-state index in [9.17, 15) is 8.42 Å². The first kappa shape index (κ1) is 12.7. The highest BCUT2D eigenvalue weighted by Crippen LogP contribution is 2.21. The molecule has 1 rings (SSSR count). The average molecular weight is 254 g/mol. The minimum atomic E-state index is -3.64. The van der Waals surface area contributed by atoms with Crippen LogP contribution in [0, 0.1) is 23.7 Å². The Morgan fingerprint density at radius 3 is 2.56 bits per heavy atom. The minimum Gasteiger partial charge on any atom is -0.206 e. The summed E-state index contributed by atoms with van der Waals surface area (Å²) in [6.45, 7) is 3.17. The topological polar surface area (TPSA) is 70.0 Å². The molecule has 0 bridgehead atoms. The maximum atomic E-state index is 11.8. The zero-order valence-corrected chi connectivity index (χ0v) is 10.4. The third-order valence-electron chi connectivity index (χ3n) is 1.71. The Bertz CT molecular complexity index is 571. The highest BCUT2D eigenvalue weighted by molar-refractivity contribution is 7.91. The lowest BCUT2D eigenvalue weighted by Gasteiger charge is -2.18. The number of hydrogen-bond acceptors (Lipinski definition) is 4. The Kier molecular flexibility index (Phi) is 3.39. The van der Waals surface area contributed by atoms with E-state index in [1.165, 1.54) is 12.1 Å². The molecule has 0 aliphatic heterocycles. The first-order valence-corrected chi connectivity index (χ1v) is 6.62. The molecular formula is C10H10N2O2S2. The molecule has 0 spiro atoms. The number of hydrogen-bond donors (Lipinski definition) is 1. The summed E-state index contributed by atoms with van der Waals surface area (Å²) in [5.41, 5.74) is -0.949.